The van der Waals surface area contributed by atoms with Gasteiger partial charge in [0.25, 0.3) is 5.91 Å². The molecule has 0 aliphatic carbocycles. The smallest absolute Gasteiger partial charge is 0.326 e. The summed E-state index contributed by atoms with van der Waals surface area (Å²) < 4.78 is 0. The van der Waals surface area contributed by atoms with Crippen LogP contribution >= 0.6 is 0 Å². The van der Waals surface area contributed by atoms with E-state index in [1.165, 1.54) is 0 Å². The summed E-state index contributed by atoms with van der Waals surface area (Å²) in [6.45, 7) is 0. The quantitative estimate of drug-likeness (QED) is 0.880. The van der Waals surface area contributed by atoms with Gasteiger partial charge in [0.05, 0.1) is 0 Å². The number of hydrogen-bond acceptors (Lipinski definition) is 3. The van der Waals surface area contributed by atoms with Crippen molar-refractivity contribution in [2.24, 2.45) is 0 Å². The molecule has 6 heteroatoms. The molecule has 2 amide bonds. The fourth-order valence-corrected chi connectivity index (χ4v) is 3.94. The summed E-state index contributed by atoms with van der Waals surface area (Å²) in [4.78, 5) is 38.7. The Hall–Kier alpha value is -2.37. The number of rotatable bonds is 3. The number of nitrogens with zero attached hydrogens (tertiary/aromatic N) is 1. The molecule has 2 saturated heterocycles. The molecule has 2 aliphatic rings. The lowest BCUT2D eigenvalue weighted by Crippen LogP contribution is -2.59. The molecule has 2 heterocycles. The van der Waals surface area contributed by atoms with Crippen molar-refractivity contribution in [3.05, 3.63) is 35.9 Å². The Morgan fingerprint density at radius 3 is 2.40 bits per heavy atom. The number of carbonyl (C=O) groups is 3. The monoisotopic (exact) mass is 344 g/mol. The first kappa shape index (κ1) is 17.5. The van der Waals surface area contributed by atoms with Crippen molar-refractivity contribution < 1.29 is 19.5 Å². The molecular weight excluding hydrogens is 320 g/mol. The van der Waals surface area contributed by atoms with E-state index in [1.54, 1.807) is 29.2 Å². The van der Waals surface area contributed by atoms with Crippen LogP contribution in [0.1, 0.15) is 55.3 Å². The minimum absolute atomic E-state index is 0.0289. The SMILES string of the molecule is O=C(N[C@H]1CCCC[C@H]2CCC[C@@H](C(=O)O)N2C1=O)c1ccccc1. The van der Waals surface area contributed by atoms with Gasteiger partial charge >= 0.3 is 5.97 Å². The number of fused-ring (bicyclic) bond motifs is 1. The lowest BCUT2D eigenvalue weighted by molar-refractivity contribution is -0.156. The third-order valence-electron chi connectivity index (χ3n) is 5.20. The molecule has 25 heavy (non-hydrogen) atoms. The number of amides is 2. The highest BCUT2D eigenvalue weighted by Crippen LogP contribution is 2.30. The Balaban J connectivity index is 1.80. The van der Waals surface area contributed by atoms with Crippen molar-refractivity contribution in [1.82, 2.24) is 10.2 Å². The zero-order valence-corrected chi connectivity index (χ0v) is 14.2. The lowest BCUT2D eigenvalue weighted by atomic mass is 9.88. The van der Waals surface area contributed by atoms with Gasteiger partial charge in [-0.3, -0.25) is 9.59 Å². The first-order valence-corrected chi connectivity index (χ1v) is 8.99. The third kappa shape index (κ3) is 3.83. The fraction of sp³-hybridized carbons (Fsp3) is 0.526. The molecule has 0 spiro atoms. The average molecular weight is 344 g/mol. The number of piperidine rings is 1. The van der Waals surface area contributed by atoms with E-state index in [1.807, 2.05) is 6.07 Å². The maximum atomic E-state index is 13.1. The normalized spacial score (nSPS) is 27.0. The number of nitrogens with one attached hydrogen (secondary N) is 1. The van der Waals surface area contributed by atoms with Crippen molar-refractivity contribution in [3.8, 4) is 0 Å². The van der Waals surface area contributed by atoms with E-state index in [4.69, 9.17) is 0 Å². The summed E-state index contributed by atoms with van der Waals surface area (Å²) in [7, 11) is 0. The van der Waals surface area contributed by atoms with Crippen LogP contribution in [0.2, 0.25) is 0 Å². The minimum Gasteiger partial charge on any atom is -0.480 e. The Bertz CT molecular complexity index is 646. The van der Waals surface area contributed by atoms with E-state index in [0.29, 0.717) is 18.4 Å². The summed E-state index contributed by atoms with van der Waals surface area (Å²) in [5.74, 6) is -1.49. The van der Waals surface area contributed by atoms with E-state index in [0.717, 1.165) is 32.1 Å². The Labute approximate surface area is 147 Å². The molecule has 1 aromatic carbocycles. The third-order valence-corrected chi connectivity index (χ3v) is 5.20. The zero-order chi connectivity index (χ0) is 17.8. The molecule has 0 radical (unpaired) electrons. The van der Waals surface area contributed by atoms with Crippen LogP contribution in [0.4, 0.5) is 0 Å². The molecular formula is C19H24N2O4. The van der Waals surface area contributed by atoms with Crippen LogP contribution in [0, 0.1) is 0 Å². The maximum absolute atomic E-state index is 13.1. The Morgan fingerprint density at radius 2 is 1.68 bits per heavy atom. The van der Waals surface area contributed by atoms with Crippen molar-refractivity contribution in [3.63, 3.8) is 0 Å². The Morgan fingerprint density at radius 1 is 1.00 bits per heavy atom. The summed E-state index contributed by atoms with van der Waals surface area (Å²) in [5, 5.41) is 12.3. The van der Waals surface area contributed by atoms with Crippen LogP contribution in [-0.4, -0.2) is 45.9 Å². The number of hydrogen-bond donors (Lipinski definition) is 2. The van der Waals surface area contributed by atoms with Crippen LogP contribution in [0.25, 0.3) is 0 Å². The van der Waals surface area contributed by atoms with E-state index < -0.39 is 18.1 Å². The van der Waals surface area contributed by atoms with Crippen molar-refractivity contribution in [2.45, 2.75) is 63.1 Å². The molecule has 2 aliphatic heterocycles. The fourth-order valence-electron chi connectivity index (χ4n) is 3.94. The predicted molar refractivity (Wildman–Crippen MR) is 92.1 cm³/mol. The summed E-state index contributed by atoms with van der Waals surface area (Å²) in [5.41, 5.74) is 0.502. The van der Waals surface area contributed by atoms with Gasteiger partial charge < -0.3 is 15.3 Å². The van der Waals surface area contributed by atoms with Gasteiger partial charge in [0.2, 0.25) is 5.91 Å². The molecule has 134 valence electrons. The van der Waals surface area contributed by atoms with Crippen molar-refractivity contribution in [2.75, 3.05) is 0 Å². The standard InChI is InChI=1S/C19H24N2O4/c22-17(13-7-2-1-3-8-13)20-15-11-5-4-9-14-10-6-12-16(19(24)25)21(14)18(15)23/h1-3,7-8,14-16H,4-6,9-12H2,(H,20,22)(H,24,25)/t14-,15-,16-/m0/s1. The van der Waals surface area contributed by atoms with Gasteiger partial charge in [-0.2, -0.15) is 0 Å². The molecule has 3 rings (SSSR count). The van der Waals surface area contributed by atoms with E-state index in [9.17, 15) is 19.5 Å². The van der Waals surface area contributed by atoms with Crippen LogP contribution in [0.5, 0.6) is 0 Å². The minimum atomic E-state index is -0.952. The number of carboxylic acids is 1. The molecule has 0 unspecified atom stereocenters. The van der Waals surface area contributed by atoms with Gasteiger partial charge in [-0.05, 0) is 44.2 Å². The van der Waals surface area contributed by atoms with Gasteiger partial charge in [-0.15, -0.1) is 0 Å². The topological polar surface area (TPSA) is 86.7 Å². The second-order valence-electron chi connectivity index (χ2n) is 6.86. The summed E-state index contributed by atoms with van der Waals surface area (Å²) in [6.07, 6.45) is 5.34. The van der Waals surface area contributed by atoms with Gasteiger partial charge in [0.1, 0.15) is 12.1 Å². The largest absolute Gasteiger partial charge is 0.480 e. The number of benzene rings is 1. The van der Waals surface area contributed by atoms with Crippen molar-refractivity contribution in [1.29, 1.82) is 0 Å². The number of aliphatic carboxylic acids is 1. The molecule has 0 bridgehead atoms. The van der Waals surface area contributed by atoms with E-state index in [-0.39, 0.29) is 17.9 Å². The molecule has 6 nitrogen and oxygen atoms in total. The molecule has 3 atom stereocenters. The second-order valence-corrected chi connectivity index (χ2v) is 6.86. The average Bonchev–Trinajstić information content (AvgIpc) is 2.62. The number of carboxylic acid groups (broad SMARTS) is 1. The van der Waals surface area contributed by atoms with Crippen LogP contribution in [0.3, 0.4) is 0 Å². The molecule has 0 aromatic heterocycles. The van der Waals surface area contributed by atoms with Crippen molar-refractivity contribution >= 4 is 17.8 Å². The summed E-state index contributed by atoms with van der Waals surface area (Å²) >= 11 is 0. The van der Waals surface area contributed by atoms with E-state index >= 15 is 0 Å². The van der Waals surface area contributed by atoms with Gasteiger partial charge in [0.15, 0.2) is 0 Å². The molecule has 0 saturated carbocycles. The zero-order valence-electron chi connectivity index (χ0n) is 14.2. The highest BCUT2D eigenvalue weighted by atomic mass is 16.4. The van der Waals surface area contributed by atoms with E-state index in [2.05, 4.69) is 5.32 Å². The molecule has 2 N–H and O–H groups in total. The predicted octanol–water partition coefficient (Wildman–Crippen LogP) is 2.19. The first-order chi connectivity index (χ1) is 12.1. The van der Waals surface area contributed by atoms with Gasteiger partial charge in [0, 0.05) is 11.6 Å². The Kier molecular flexibility index (Phi) is 5.36. The van der Waals surface area contributed by atoms with Gasteiger partial charge in [-0.25, -0.2) is 4.79 Å². The molecule has 1 aromatic rings. The second kappa shape index (κ2) is 7.68. The van der Waals surface area contributed by atoms with Crippen LogP contribution < -0.4 is 5.32 Å². The lowest BCUT2D eigenvalue weighted by Gasteiger charge is -2.43. The highest BCUT2D eigenvalue weighted by molar-refractivity contribution is 5.98. The summed E-state index contributed by atoms with van der Waals surface area (Å²) in [6, 6.07) is 7.31. The molecule has 2 fully saturated rings. The highest BCUT2D eigenvalue weighted by Gasteiger charge is 2.41. The van der Waals surface area contributed by atoms with Gasteiger partial charge in [-0.1, -0.05) is 31.0 Å². The van der Waals surface area contributed by atoms with Crippen LogP contribution in [-0.2, 0) is 9.59 Å². The first-order valence-electron chi connectivity index (χ1n) is 8.99. The van der Waals surface area contributed by atoms with Crippen LogP contribution in [0.15, 0.2) is 30.3 Å². The maximum Gasteiger partial charge on any atom is 0.326 e. The number of carbonyl (C=O) groups excluding carboxylic acids is 2.